The number of fused-ring (bicyclic) bond motifs is 1. The van der Waals surface area contributed by atoms with E-state index in [-0.39, 0.29) is 0 Å². The molecule has 2 heterocycles. The van der Waals surface area contributed by atoms with E-state index in [1.54, 1.807) is 7.11 Å². The molecule has 0 aliphatic carbocycles. The van der Waals surface area contributed by atoms with Crippen molar-refractivity contribution in [3.05, 3.63) is 48.7 Å². The number of hydrogen-bond acceptors (Lipinski definition) is 2. The van der Waals surface area contributed by atoms with Gasteiger partial charge in [0.05, 0.1) is 25.7 Å². The van der Waals surface area contributed by atoms with Gasteiger partial charge in [0.2, 0.25) is 0 Å². The van der Waals surface area contributed by atoms with Crippen LogP contribution < -0.4 is 4.74 Å². The molecule has 0 saturated carbocycles. The summed E-state index contributed by atoms with van der Waals surface area (Å²) >= 11 is 0. The first-order valence-corrected chi connectivity index (χ1v) is 6.82. The summed E-state index contributed by atoms with van der Waals surface area (Å²) in [4.78, 5) is 4.26. The first kappa shape index (κ1) is 12.8. The number of methoxy groups -OCH3 is 1. The van der Waals surface area contributed by atoms with Gasteiger partial charge in [-0.15, -0.1) is 0 Å². The number of hydrogen-bond donors (Lipinski definition) is 0. The second kappa shape index (κ2) is 5.04. The highest BCUT2D eigenvalue weighted by Crippen LogP contribution is 2.23. The van der Waals surface area contributed by atoms with Crippen molar-refractivity contribution < 1.29 is 4.74 Å². The van der Waals surface area contributed by atoms with E-state index in [0.29, 0.717) is 6.04 Å². The molecule has 20 heavy (non-hydrogen) atoms. The molecule has 0 radical (unpaired) electrons. The molecule has 0 atom stereocenters. The smallest absolute Gasteiger partial charge is 0.119 e. The van der Waals surface area contributed by atoms with Crippen molar-refractivity contribution in [2.45, 2.75) is 26.4 Å². The summed E-state index contributed by atoms with van der Waals surface area (Å²) in [7, 11) is 1.69. The Hall–Kier alpha value is -2.23. The minimum absolute atomic E-state index is 0.425. The number of nitrogens with zero attached hydrogens (tertiary/aromatic N) is 3. The second-order valence-corrected chi connectivity index (χ2v) is 5.25. The lowest BCUT2D eigenvalue weighted by molar-refractivity contribution is 0.415. The van der Waals surface area contributed by atoms with Crippen LogP contribution in [0.15, 0.2) is 43.0 Å². The highest BCUT2D eigenvalue weighted by atomic mass is 16.5. The Labute approximate surface area is 118 Å². The second-order valence-electron chi connectivity index (χ2n) is 5.25. The largest absolute Gasteiger partial charge is 0.497 e. The maximum absolute atomic E-state index is 5.26. The first-order valence-electron chi connectivity index (χ1n) is 6.82. The van der Waals surface area contributed by atoms with Crippen LogP contribution in [0.5, 0.6) is 5.75 Å². The van der Waals surface area contributed by atoms with Gasteiger partial charge in [0.15, 0.2) is 0 Å². The lowest BCUT2D eigenvalue weighted by Gasteiger charge is -2.13. The minimum atomic E-state index is 0.425. The van der Waals surface area contributed by atoms with Crippen molar-refractivity contribution in [1.29, 1.82) is 0 Å². The van der Waals surface area contributed by atoms with Crippen molar-refractivity contribution in [1.82, 2.24) is 14.1 Å². The molecule has 0 spiro atoms. The van der Waals surface area contributed by atoms with Crippen molar-refractivity contribution in [3.63, 3.8) is 0 Å². The van der Waals surface area contributed by atoms with Gasteiger partial charge in [-0.05, 0) is 38.1 Å². The molecule has 4 heteroatoms. The molecular formula is C16H19N3O. The Morgan fingerprint density at radius 3 is 2.85 bits per heavy atom. The first-order chi connectivity index (χ1) is 9.69. The normalized spacial score (nSPS) is 11.4. The molecule has 3 aromatic rings. The zero-order chi connectivity index (χ0) is 14.1. The third kappa shape index (κ3) is 2.18. The standard InChI is InChI=1S/C16H19N3O/c1-12(2)19-11-17-9-14(19)10-18-7-6-13-8-15(20-3)4-5-16(13)18/h4-9,11-12H,10H2,1-3H3. The van der Waals surface area contributed by atoms with Gasteiger partial charge in [-0.25, -0.2) is 4.98 Å². The Bertz CT molecular complexity index is 724. The summed E-state index contributed by atoms with van der Waals surface area (Å²) in [5.41, 5.74) is 2.43. The summed E-state index contributed by atoms with van der Waals surface area (Å²) in [6.07, 6.45) is 5.95. The van der Waals surface area contributed by atoms with Crippen LogP contribution in [-0.4, -0.2) is 21.2 Å². The van der Waals surface area contributed by atoms with Crippen LogP contribution in [0, 0.1) is 0 Å². The van der Waals surface area contributed by atoms with Crippen molar-refractivity contribution in [3.8, 4) is 5.75 Å². The van der Waals surface area contributed by atoms with Crippen LogP contribution in [0.25, 0.3) is 10.9 Å². The number of imidazole rings is 1. The van der Waals surface area contributed by atoms with Crippen molar-refractivity contribution >= 4 is 10.9 Å². The van der Waals surface area contributed by atoms with Crippen LogP contribution in [0.1, 0.15) is 25.6 Å². The predicted octanol–water partition coefficient (Wildman–Crippen LogP) is 3.48. The molecule has 0 amide bonds. The van der Waals surface area contributed by atoms with E-state index in [1.165, 1.54) is 16.6 Å². The number of ether oxygens (including phenoxy) is 1. The SMILES string of the molecule is COc1ccc2c(ccn2Cc2cncn2C(C)C)c1. The number of rotatable bonds is 4. The summed E-state index contributed by atoms with van der Waals surface area (Å²) in [6, 6.07) is 8.71. The van der Waals surface area contributed by atoms with Gasteiger partial charge in [-0.1, -0.05) is 0 Å². The molecule has 104 valence electrons. The molecule has 0 saturated heterocycles. The lowest BCUT2D eigenvalue weighted by Crippen LogP contribution is -2.08. The average Bonchev–Trinajstić information content (AvgIpc) is 3.06. The fraction of sp³-hybridized carbons (Fsp3) is 0.312. The van der Waals surface area contributed by atoms with Gasteiger partial charge in [0, 0.05) is 29.3 Å². The quantitative estimate of drug-likeness (QED) is 0.726. The van der Waals surface area contributed by atoms with E-state index >= 15 is 0 Å². The zero-order valence-electron chi connectivity index (χ0n) is 12.1. The third-order valence-corrected chi connectivity index (χ3v) is 3.61. The third-order valence-electron chi connectivity index (χ3n) is 3.61. The Morgan fingerprint density at radius 1 is 1.25 bits per heavy atom. The fourth-order valence-corrected chi connectivity index (χ4v) is 2.54. The Balaban J connectivity index is 1.97. The molecule has 0 fully saturated rings. The minimum Gasteiger partial charge on any atom is -0.497 e. The lowest BCUT2D eigenvalue weighted by atomic mass is 10.2. The van der Waals surface area contributed by atoms with E-state index in [0.717, 1.165) is 12.3 Å². The highest BCUT2D eigenvalue weighted by Gasteiger charge is 2.08. The van der Waals surface area contributed by atoms with Gasteiger partial charge < -0.3 is 13.9 Å². The molecular weight excluding hydrogens is 250 g/mol. The summed E-state index contributed by atoms with van der Waals surface area (Å²) < 4.78 is 9.71. The molecule has 0 bridgehead atoms. The highest BCUT2D eigenvalue weighted by molar-refractivity contribution is 5.81. The maximum Gasteiger partial charge on any atom is 0.119 e. The van der Waals surface area contributed by atoms with Gasteiger partial charge >= 0.3 is 0 Å². The number of aromatic nitrogens is 3. The van der Waals surface area contributed by atoms with E-state index in [2.05, 4.69) is 52.4 Å². The van der Waals surface area contributed by atoms with E-state index in [4.69, 9.17) is 4.74 Å². The van der Waals surface area contributed by atoms with E-state index in [1.807, 2.05) is 18.6 Å². The van der Waals surface area contributed by atoms with Crippen LogP contribution >= 0.6 is 0 Å². The van der Waals surface area contributed by atoms with Crippen molar-refractivity contribution in [2.24, 2.45) is 0 Å². The molecule has 1 aromatic carbocycles. The monoisotopic (exact) mass is 269 g/mol. The maximum atomic E-state index is 5.26. The van der Waals surface area contributed by atoms with E-state index in [9.17, 15) is 0 Å². The average molecular weight is 269 g/mol. The molecule has 3 rings (SSSR count). The van der Waals surface area contributed by atoms with Gasteiger partial charge in [0.25, 0.3) is 0 Å². The van der Waals surface area contributed by atoms with Crippen LogP contribution in [0.2, 0.25) is 0 Å². The molecule has 0 N–H and O–H groups in total. The molecule has 0 unspecified atom stereocenters. The Morgan fingerprint density at radius 2 is 2.10 bits per heavy atom. The Kier molecular flexibility index (Phi) is 3.22. The molecule has 2 aromatic heterocycles. The summed E-state index contributed by atoms with van der Waals surface area (Å²) in [5.74, 6) is 0.891. The zero-order valence-corrected chi connectivity index (χ0v) is 12.1. The van der Waals surface area contributed by atoms with Crippen LogP contribution in [0.4, 0.5) is 0 Å². The molecule has 4 nitrogen and oxygen atoms in total. The fourth-order valence-electron chi connectivity index (χ4n) is 2.54. The van der Waals surface area contributed by atoms with Gasteiger partial charge in [0.1, 0.15) is 5.75 Å². The summed E-state index contributed by atoms with van der Waals surface area (Å²) in [6.45, 7) is 5.17. The van der Waals surface area contributed by atoms with Gasteiger partial charge in [-0.3, -0.25) is 0 Å². The molecule has 0 aliphatic heterocycles. The van der Waals surface area contributed by atoms with Gasteiger partial charge in [-0.2, -0.15) is 0 Å². The topological polar surface area (TPSA) is 32.0 Å². The van der Waals surface area contributed by atoms with Crippen LogP contribution in [-0.2, 0) is 6.54 Å². The molecule has 0 aliphatic rings. The van der Waals surface area contributed by atoms with Crippen LogP contribution in [0.3, 0.4) is 0 Å². The predicted molar refractivity (Wildman–Crippen MR) is 80.2 cm³/mol. The summed E-state index contributed by atoms with van der Waals surface area (Å²) in [5, 5.41) is 1.19. The van der Waals surface area contributed by atoms with E-state index < -0.39 is 0 Å². The van der Waals surface area contributed by atoms with Crippen molar-refractivity contribution in [2.75, 3.05) is 7.11 Å². The number of benzene rings is 1.